The van der Waals surface area contributed by atoms with Crippen LogP contribution in [0.3, 0.4) is 0 Å². The summed E-state index contributed by atoms with van der Waals surface area (Å²) in [5.74, 6) is 2.55. The maximum absolute atomic E-state index is 6.42. The first kappa shape index (κ1) is 24.9. The molecule has 196 valence electrons. The van der Waals surface area contributed by atoms with E-state index in [1.165, 1.54) is 11.1 Å². The van der Waals surface area contributed by atoms with Gasteiger partial charge in [0.1, 0.15) is 18.1 Å². The van der Waals surface area contributed by atoms with Gasteiger partial charge in [-0.25, -0.2) is 0 Å². The summed E-state index contributed by atoms with van der Waals surface area (Å²) in [6.45, 7) is 7.94. The van der Waals surface area contributed by atoms with E-state index in [1.54, 1.807) is 0 Å². The monoisotopic (exact) mass is 508 g/mol. The molecule has 1 saturated heterocycles. The lowest BCUT2D eigenvalue weighted by Crippen LogP contribution is -2.30. The molecule has 0 radical (unpaired) electrons. The SMILES string of the molecule is Cc1c(CN2CCc3cc(OCC4CCOCC4)ccc3C2)nc2ccccc2c1OCc1ccccc1. The van der Waals surface area contributed by atoms with E-state index >= 15 is 0 Å². The Bertz CT molecular complexity index is 1380. The van der Waals surface area contributed by atoms with Crippen molar-refractivity contribution in [3.8, 4) is 11.5 Å². The van der Waals surface area contributed by atoms with Crippen LogP contribution >= 0.6 is 0 Å². The highest BCUT2D eigenvalue weighted by Gasteiger charge is 2.21. The molecule has 0 spiro atoms. The van der Waals surface area contributed by atoms with Gasteiger partial charge in [0, 0.05) is 43.8 Å². The highest BCUT2D eigenvalue weighted by molar-refractivity contribution is 5.86. The summed E-state index contributed by atoms with van der Waals surface area (Å²) in [7, 11) is 0. The fourth-order valence-electron chi connectivity index (χ4n) is 5.55. The number of nitrogens with zero attached hydrogens (tertiary/aromatic N) is 2. The van der Waals surface area contributed by atoms with Gasteiger partial charge in [-0.15, -0.1) is 0 Å². The van der Waals surface area contributed by atoms with Crippen molar-refractivity contribution in [2.45, 2.75) is 45.9 Å². The Morgan fingerprint density at radius 3 is 2.61 bits per heavy atom. The van der Waals surface area contributed by atoms with Crippen molar-refractivity contribution in [3.05, 3.63) is 101 Å². The zero-order valence-electron chi connectivity index (χ0n) is 22.2. The molecule has 0 amide bonds. The maximum Gasteiger partial charge on any atom is 0.133 e. The van der Waals surface area contributed by atoms with E-state index in [1.807, 2.05) is 12.1 Å². The van der Waals surface area contributed by atoms with E-state index in [9.17, 15) is 0 Å². The molecule has 0 atom stereocenters. The van der Waals surface area contributed by atoms with Crippen LogP contribution < -0.4 is 9.47 Å². The Morgan fingerprint density at radius 1 is 0.921 bits per heavy atom. The van der Waals surface area contributed by atoms with E-state index in [0.717, 1.165) is 97.9 Å². The predicted molar refractivity (Wildman–Crippen MR) is 151 cm³/mol. The number of ether oxygens (including phenoxy) is 3. The number of hydrogen-bond acceptors (Lipinski definition) is 5. The van der Waals surface area contributed by atoms with E-state index in [-0.39, 0.29) is 0 Å². The quantitative estimate of drug-likeness (QED) is 0.272. The van der Waals surface area contributed by atoms with Crippen molar-refractivity contribution in [1.82, 2.24) is 9.88 Å². The average Bonchev–Trinajstić information content (AvgIpc) is 2.97. The van der Waals surface area contributed by atoms with Crippen LogP contribution in [0, 0.1) is 12.8 Å². The van der Waals surface area contributed by atoms with Gasteiger partial charge in [0.25, 0.3) is 0 Å². The Hall–Kier alpha value is -3.41. The molecule has 0 aliphatic carbocycles. The van der Waals surface area contributed by atoms with Gasteiger partial charge < -0.3 is 14.2 Å². The van der Waals surface area contributed by atoms with Crippen molar-refractivity contribution < 1.29 is 14.2 Å². The first-order valence-electron chi connectivity index (χ1n) is 13.8. The number of benzene rings is 3. The van der Waals surface area contributed by atoms with E-state index in [0.29, 0.717) is 12.5 Å². The second-order valence-corrected chi connectivity index (χ2v) is 10.6. The predicted octanol–water partition coefficient (Wildman–Crippen LogP) is 6.49. The minimum atomic E-state index is 0.547. The van der Waals surface area contributed by atoms with E-state index < -0.39 is 0 Å². The Balaban J connectivity index is 1.16. The van der Waals surface area contributed by atoms with Crippen LogP contribution in [0.2, 0.25) is 0 Å². The molecule has 2 aliphatic heterocycles. The topological polar surface area (TPSA) is 43.8 Å². The second kappa shape index (κ2) is 11.5. The van der Waals surface area contributed by atoms with Crippen LogP contribution in [0.5, 0.6) is 11.5 Å². The van der Waals surface area contributed by atoms with Crippen molar-refractivity contribution in [1.29, 1.82) is 0 Å². The molecule has 5 nitrogen and oxygen atoms in total. The lowest BCUT2D eigenvalue weighted by atomic mass is 9.98. The lowest BCUT2D eigenvalue weighted by molar-refractivity contribution is 0.0497. The molecule has 2 aliphatic rings. The van der Waals surface area contributed by atoms with Crippen LogP contribution in [0.1, 0.15) is 40.8 Å². The molecule has 6 rings (SSSR count). The molecule has 3 heterocycles. The van der Waals surface area contributed by atoms with Gasteiger partial charge in [0.05, 0.1) is 17.8 Å². The molecule has 0 unspecified atom stereocenters. The molecule has 0 saturated carbocycles. The maximum atomic E-state index is 6.42. The third kappa shape index (κ3) is 5.69. The number of pyridine rings is 1. The number of fused-ring (bicyclic) bond motifs is 2. The standard InChI is InChI=1S/C33H36N2O3/c1-24-32(34-31-10-6-5-9-30(31)33(24)38-23-25-7-3-2-4-8-25)21-35-16-13-27-19-29(12-11-28(27)20-35)37-22-26-14-17-36-18-15-26/h2-12,19,26H,13-18,20-23H2,1H3. The molecule has 1 aromatic heterocycles. The minimum absolute atomic E-state index is 0.547. The van der Waals surface area contributed by atoms with Gasteiger partial charge >= 0.3 is 0 Å². The molecule has 4 aromatic rings. The first-order chi connectivity index (χ1) is 18.7. The zero-order chi connectivity index (χ0) is 25.7. The molecule has 5 heteroatoms. The van der Waals surface area contributed by atoms with Crippen molar-refractivity contribution in [3.63, 3.8) is 0 Å². The third-order valence-electron chi connectivity index (χ3n) is 7.87. The molecule has 0 bridgehead atoms. The molecular weight excluding hydrogens is 472 g/mol. The van der Waals surface area contributed by atoms with Gasteiger partial charge in [-0.3, -0.25) is 9.88 Å². The van der Waals surface area contributed by atoms with Gasteiger partial charge in [-0.2, -0.15) is 0 Å². The smallest absolute Gasteiger partial charge is 0.133 e. The summed E-state index contributed by atoms with van der Waals surface area (Å²) in [6.07, 6.45) is 3.22. The van der Waals surface area contributed by atoms with E-state index in [2.05, 4.69) is 72.5 Å². The molecule has 3 aromatic carbocycles. The Morgan fingerprint density at radius 2 is 1.74 bits per heavy atom. The zero-order valence-corrected chi connectivity index (χ0v) is 22.2. The number of rotatable bonds is 8. The van der Waals surface area contributed by atoms with Gasteiger partial charge in [0.15, 0.2) is 0 Å². The summed E-state index contributed by atoms with van der Waals surface area (Å²) in [5.41, 5.74) is 7.15. The van der Waals surface area contributed by atoms with Crippen molar-refractivity contribution in [2.75, 3.05) is 26.4 Å². The fourth-order valence-corrected chi connectivity index (χ4v) is 5.55. The van der Waals surface area contributed by atoms with Crippen LogP contribution in [0.25, 0.3) is 10.9 Å². The van der Waals surface area contributed by atoms with Crippen molar-refractivity contribution >= 4 is 10.9 Å². The average molecular weight is 509 g/mol. The third-order valence-corrected chi connectivity index (χ3v) is 7.87. The number of para-hydroxylation sites is 1. The fraction of sp³-hybridized carbons (Fsp3) is 0.364. The Labute approximate surface area is 225 Å². The van der Waals surface area contributed by atoms with Crippen LogP contribution in [-0.2, 0) is 30.9 Å². The van der Waals surface area contributed by atoms with Gasteiger partial charge in [-0.1, -0.05) is 48.5 Å². The van der Waals surface area contributed by atoms with Crippen molar-refractivity contribution in [2.24, 2.45) is 5.92 Å². The Kier molecular flexibility index (Phi) is 7.56. The highest BCUT2D eigenvalue weighted by atomic mass is 16.5. The number of hydrogen-bond donors (Lipinski definition) is 0. The summed E-state index contributed by atoms with van der Waals surface area (Å²) in [4.78, 5) is 7.57. The summed E-state index contributed by atoms with van der Waals surface area (Å²) in [5, 5.41) is 1.07. The number of aromatic nitrogens is 1. The van der Waals surface area contributed by atoms with Crippen LogP contribution in [0.15, 0.2) is 72.8 Å². The summed E-state index contributed by atoms with van der Waals surface area (Å²) >= 11 is 0. The van der Waals surface area contributed by atoms with Gasteiger partial charge in [-0.05, 0) is 73.1 Å². The normalized spacial score (nSPS) is 16.3. The molecule has 1 fully saturated rings. The van der Waals surface area contributed by atoms with Gasteiger partial charge in [0.2, 0.25) is 0 Å². The van der Waals surface area contributed by atoms with Crippen LogP contribution in [0.4, 0.5) is 0 Å². The molecular formula is C33H36N2O3. The summed E-state index contributed by atoms with van der Waals surface area (Å²) in [6, 6.07) is 25.3. The van der Waals surface area contributed by atoms with E-state index in [4.69, 9.17) is 19.2 Å². The molecule has 0 N–H and O–H groups in total. The minimum Gasteiger partial charge on any atom is -0.493 e. The van der Waals surface area contributed by atoms with Crippen LogP contribution in [-0.4, -0.2) is 36.2 Å². The lowest BCUT2D eigenvalue weighted by Gasteiger charge is -2.30. The highest BCUT2D eigenvalue weighted by Crippen LogP contribution is 2.33. The molecule has 38 heavy (non-hydrogen) atoms. The largest absolute Gasteiger partial charge is 0.493 e. The summed E-state index contributed by atoms with van der Waals surface area (Å²) < 4.78 is 18.1. The second-order valence-electron chi connectivity index (χ2n) is 10.6. The first-order valence-corrected chi connectivity index (χ1v) is 13.8.